The first kappa shape index (κ1) is 21.5. The summed E-state index contributed by atoms with van der Waals surface area (Å²) in [6.07, 6.45) is 2.32. The molecular weight excluding hydrogens is 338 g/mol. The first-order valence-electron chi connectivity index (χ1n) is 8.86. The molecule has 2 amide bonds. The van der Waals surface area contributed by atoms with Crippen molar-refractivity contribution in [2.24, 2.45) is 17.6 Å². The first-order chi connectivity index (χ1) is 11.5. The van der Waals surface area contributed by atoms with Crippen LogP contribution in [0.3, 0.4) is 0 Å². The lowest BCUT2D eigenvalue weighted by Gasteiger charge is -2.32. The van der Waals surface area contributed by atoms with E-state index in [1.54, 1.807) is 0 Å². The minimum absolute atomic E-state index is 0. The normalized spacial score (nSPS) is 16.2. The molecule has 0 aliphatic carbocycles. The number of likely N-dealkylation sites (tertiary alicyclic amines) is 1. The predicted molar refractivity (Wildman–Crippen MR) is 103 cm³/mol. The minimum atomic E-state index is -0.0222. The Labute approximate surface area is 156 Å². The van der Waals surface area contributed by atoms with Crippen LogP contribution in [0.15, 0.2) is 30.3 Å². The Morgan fingerprint density at radius 2 is 1.80 bits per heavy atom. The van der Waals surface area contributed by atoms with Crippen LogP contribution in [0.2, 0.25) is 0 Å². The van der Waals surface area contributed by atoms with Gasteiger partial charge in [0.2, 0.25) is 5.91 Å². The fourth-order valence-corrected chi connectivity index (χ4v) is 3.21. The molecule has 1 heterocycles. The maximum absolute atomic E-state index is 12.4. The molecule has 1 aliphatic rings. The molecule has 0 bridgehead atoms. The van der Waals surface area contributed by atoms with E-state index in [1.807, 2.05) is 35.2 Å². The highest BCUT2D eigenvalue weighted by atomic mass is 35.5. The van der Waals surface area contributed by atoms with Gasteiger partial charge in [-0.25, -0.2) is 0 Å². The molecule has 1 unspecified atom stereocenters. The number of amides is 2. The quantitative estimate of drug-likeness (QED) is 0.810. The monoisotopic (exact) mass is 367 g/mol. The molecule has 0 saturated carbocycles. The Hall–Kier alpha value is -1.59. The third-order valence-corrected chi connectivity index (χ3v) is 4.56. The van der Waals surface area contributed by atoms with Gasteiger partial charge in [0.15, 0.2) is 0 Å². The second-order valence-electron chi connectivity index (χ2n) is 7.00. The second-order valence-corrected chi connectivity index (χ2v) is 7.00. The molecule has 1 saturated heterocycles. The number of hydrogen-bond acceptors (Lipinski definition) is 3. The molecule has 5 nitrogen and oxygen atoms in total. The van der Waals surface area contributed by atoms with Crippen molar-refractivity contribution >= 4 is 24.2 Å². The van der Waals surface area contributed by atoms with Crippen molar-refractivity contribution in [2.45, 2.75) is 39.2 Å². The van der Waals surface area contributed by atoms with E-state index in [4.69, 9.17) is 5.73 Å². The van der Waals surface area contributed by atoms with Crippen LogP contribution >= 0.6 is 12.4 Å². The molecule has 1 atom stereocenters. The molecule has 140 valence electrons. The van der Waals surface area contributed by atoms with Crippen molar-refractivity contribution in [1.82, 2.24) is 10.2 Å². The highest BCUT2D eigenvalue weighted by molar-refractivity contribution is 5.94. The van der Waals surface area contributed by atoms with Crippen molar-refractivity contribution < 1.29 is 9.59 Å². The van der Waals surface area contributed by atoms with Crippen molar-refractivity contribution in [2.75, 3.05) is 19.6 Å². The smallest absolute Gasteiger partial charge is 0.253 e. The SMILES string of the molecule is CC(C)CC(CN)NC(=O)C1CCN(C(=O)c2ccccc2)CC1.Cl. The van der Waals surface area contributed by atoms with Crippen LogP contribution in [0.1, 0.15) is 43.5 Å². The second kappa shape index (κ2) is 10.4. The van der Waals surface area contributed by atoms with Crippen LogP contribution in [-0.4, -0.2) is 42.4 Å². The van der Waals surface area contributed by atoms with Crippen LogP contribution in [0.4, 0.5) is 0 Å². The number of carbonyl (C=O) groups excluding carboxylic acids is 2. The van der Waals surface area contributed by atoms with Gasteiger partial charge in [0.1, 0.15) is 0 Å². The molecule has 1 aromatic rings. The number of halogens is 1. The summed E-state index contributed by atoms with van der Waals surface area (Å²) in [6, 6.07) is 9.35. The molecule has 3 N–H and O–H groups in total. The van der Waals surface area contributed by atoms with Gasteiger partial charge in [0.25, 0.3) is 5.91 Å². The summed E-state index contributed by atoms with van der Waals surface area (Å²) in [5.41, 5.74) is 6.47. The van der Waals surface area contributed by atoms with Crippen LogP contribution in [-0.2, 0) is 4.79 Å². The van der Waals surface area contributed by atoms with E-state index in [9.17, 15) is 9.59 Å². The number of hydrogen-bond donors (Lipinski definition) is 2. The van der Waals surface area contributed by atoms with Gasteiger partial charge >= 0.3 is 0 Å². The molecular formula is C19H30ClN3O2. The van der Waals surface area contributed by atoms with E-state index in [2.05, 4.69) is 19.2 Å². The fourth-order valence-electron chi connectivity index (χ4n) is 3.21. The molecule has 6 heteroatoms. The minimum Gasteiger partial charge on any atom is -0.352 e. The Bertz CT molecular complexity index is 543. The third kappa shape index (κ3) is 6.33. The van der Waals surface area contributed by atoms with Gasteiger partial charge in [0, 0.05) is 37.2 Å². The maximum atomic E-state index is 12.4. The van der Waals surface area contributed by atoms with Crippen molar-refractivity contribution in [3.05, 3.63) is 35.9 Å². The maximum Gasteiger partial charge on any atom is 0.253 e. The van der Waals surface area contributed by atoms with Crippen molar-refractivity contribution in [3.8, 4) is 0 Å². The summed E-state index contributed by atoms with van der Waals surface area (Å²) in [6.45, 7) is 5.98. The van der Waals surface area contributed by atoms with Gasteiger partial charge in [-0.3, -0.25) is 9.59 Å². The third-order valence-electron chi connectivity index (χ3n) is 4.56. The Morgan fingerprint density at radius 1 is 1.20 bits per heavy atom. The topological polar surface area (TPSA) is 75.4 Å². The Balaban J connectivity index is 0.00000312. The number of benzene rings is 1. The van der Waals surface area contributed by atoms with Gasteiger partial charge in [-0.15, -0.1) is 12.4 Å². The summed E-state index contributed by atoms with van der Waals surface area (Å²) < 4.78 is 0. The number of nitrogens with one attached hydrogen (secondary N) is 1. The number of carbonyl (C=O) groups is 2. The highest BCUT2D eigenvalue weighted by Gasteiger charge is 2.28. The highest BCUT2D eigenvalue weighted by Crippen LogP contribution is 2.20. The largest absolute Gasteiger partial charge is 0.352 e. The van der Waals surface area contributed by atoms with Gasteiger partial charge in [-0.2, -0.15) is 0 Å². The summed E-state index contributed by atoms with van der Waals surface area (Å²) in [7, 11) is 0. The lowest BCUT2D eigenvalue weighted by Crippen LogP contribution is -2.47. The van der Waals surface area contributed by atoms with Crippen LogP contribution < -0.4 is 11.1 Å². The molecule has 0 aromatic heterocycles. The van der Waals surface area contributed by atoms with E-state index in [1.165, 1.54) is 0 Å². The van der Waals surface area contributed by atoms with E-state index >= 15 is 0 Å². The average molecular weight is 368 g/mol. The molecule has 1 aliphatic heterocycles. The lowest BCUT2D eigenvalue weighted by atomic mass is 9.94. The lowest BCUT2D eigenvalue weighted by molar-refractivity contribution is -0.127. The molecule has 0 radical (unpaired) electrons. The van der Waals surface area contributed by atoms with Gasteiger partial charge < -0.3 is 16.0 Å². The molecule has 25 heavy (non-hydrogen) atoms. The van der Waals surface area contributed by atoms with Crippen LogP contribution in [0.25, 0.3) is 0 Å². The summed E-state index contributed by atoms with van der Waals surface area (Å²) in [5.74, 6) is 0.613. The van der Waals surface area contributed by atoms with Crippen LogP contribution in [0, 0.1) is 11.8 Å². The molecule has 0 spiro atoms. The summed E-state index contributed by atoms with van der Waals surface area (Å²) >= 11 is 0. The number of nitrogens with two attached hydrogens (primary N) is 1. The van der Waals surface area contributed by atoms with E-state index in [-0.39, 0.29) is 36.2 Å². The zero-order valence-electron chi connectivity index (χ0n) is 15.1. The van der Waals surface area contributed by atoms with E-state index in [0.717, 1.165) is 6.42 Å². The Morgan fingerprint density at radius 3 is 2.32 bits per heavy atom. The Kier molecular flexibility index (Phi) is 8.93. The number of nitrogens with zero attached hydrogens (tertiary/aromatic N) is 1. The average Bonchev–Trinajstić information content (AvgIpc) is 2.61. The van der Waals surface area contributed by atoms with E-state index < -0.39 is 0 Å². The van der Waals surface area contributed by atoms with Crippen molar-refractivity contribution in [3.63, 3.8) is 0 Å². The van der Waals surface area contributed by atoms with Gasteiger partial charge in [-0.1, -0.05) is 32.0 Å². The zero-order valence-corrected chi connectivity index (χ0v) is 15.9. The standard InChI is InChI=1S/C19H29N3O2.ClH/c1-14(2)12-17(13-20)21-18(23)15-8-10-22(11-9-15)19(24)16-6-4-3-5-7-16;/h3-7,14-15,17H,8-13,20H2,1-2H3,(H,21,23);1H. The van der Waals surface area contributed by atoms with Gasteiger partial charge in [-0.05, 0) is 37.3 Å². The molecule has 2 rings (SSSR count). The zero-order chi connectivity index (χ0) is 17.5. The summed E-state index contributed by atoms with van der Waals surface area (Å²) in [4.78, 5) is 26.7. The number of rotatable bonds is 6. The number of piperidine rings is 1. The van der Waals surface area contributed by atoms with E-state index in [0.29, 0.717) is 44.0 Å². The first-order valence-corrected chi connectivity index (χ1v) is 8.86. The van der Waals surface area contributed by atoms with Crippen molar-refractivity contribution in [1.29, 1.82) is 0 Å². The molecule has 1 fully saturated rings. The summed E-state index contributed by atoms with van der Waals surface area (Å²) in [5, 5.41) is 3.08. The predicted octanol–water partition coefficient (Wildman–Crippen LogP) is 2.45. The fraction of sp³-hybridized carbons (Fsp3) is 0.579. The van der Waals surface area contributed by atoms with Crippen LogP contribution in [0.5, 0.6) is 0 Å². The molecule has 1 aromatic carbocycles. The van der Waals surface area contributed by atoms with Gasteiger partial charge in [0.05, 0.1) is 0 Å².